The molecule has 0 fully saturated rings. The second-order valence-corrected chi connectivity index (χ2v) is 6.25. The Balaban J connectivity index is 1.88. The lowest BCUT2D eigenvalue weighted by Crippen LogP contribution is -2.41. The number of rotatable bonds is 1. The lowest BCUT2D eigenvalue weighted by Gasteiger charge is -2.26. The van der Waals surface area contributed by atoms with E-state index in [9.17, 15) is 4.79 Å². The molecule has 1 heterocycles. The standard InChI is InChI=1S/C13H19NO2S/c1-13(2,3)16-12(15)14-11-5-4-9-7-17-8-10(9)6-11/h7-8,11H,4-6H2,1-3H3,(H,14,15). The van der Waals surface area contributed by atoms with Crippen LogP contribution in [-0.2, 0) is 17.6 Å². The van der Waals surface area contributed by atoms with E-state index in [1.165, 1.54) is 11.1 Å². The maximum absolute atomic E-state index is 11.6. The van der Waals surface area contributed by atoms with Gasteiger partial charge >= 0.3 is 6.09 Å². The number of aryl methyl sites for hydroxylation is 1. The van der Waals surface area contributed by atoms with Crippen molar-refractivity contribution in [2.75, 3.05) is 0 Å². The molecule has 0 bridgehead atoms. The molecule has 3 nitrogen and oxygen atoms in total. The number of thiophene rings is 1. The molecule has 1 N–H and O–H groups in total. The topological polar surface area (TPSA) is 38.3 Å². The minimum Gasteiger partial charge on any atom is -0.444 e. The van der Waals surface area contributed by atoms with Crippen molar-refractivity contribution in [2.24, 2.45) is 0 Å². The molecule has 1 aromatic heterocycles. The summed E-state index contributed by atoms with van der Waals surface area (Å²) in [4.78, 5) is 11.6. The molecule has 4 heteroatoms. The highest BCUT2D eigenvalue weighted by Crippen LogP contribution is 2.24. The van der Waals surface area contributed by atoms with Gasteiger partial charge in [0.15, 0.2) is 0 Å². The Morgan fingerprint density at radius 1 is 1.41 bits per heavy atom. The van der Waals surface area contributed by atoms with E-state index in [0.29, 0.717) is 0 Å². The molecular weight excluding hydrogens is 234 g/mol. The van der Waals surface area contributed by atoms with Gasteiger partial charge in [0.1, 0.15) is 5.60 Å². The first kappa shape index (κ1) is 12.4. The molecule has 2 rings (SSSR count). The van der Waals surface area contributed by atoms with Crippen LogP contribution in [0.3, 0.4) is 0 Å². The van der Waals surface area contributed by atoms with E-state index in [1.54, 1.807) is 11.3 Å². The number of carbonyl (C=O) groups excluding carboxylic acids is 1. The van der Waals surface area contributed by atoms with Gasteiger partial charge in [-0.15, -0.1) is 0 Å². The van der Waals surface area contributed by atoms with Gasteiger partial charge in [0.25, 0.3) is 0 Å². The van der Waals surface area contributed by atoms with E-state index < -0.39 is 5.60 Å². The van der Waals surface area contributed by atoms with Crippen molar-refractivity contribution < 1.29 is 9.53 Å². The minimum absolute atomic E-state index is 0.215. The molecule has 0 saturated heterocycles. The number of nitrogens with one attached hydrogen (secondary N) is 1. The van der Waals surface area contributed by atoms with Gasteiger partial charge in [0.05, 0.1) is 0 Å². The van der Waals surface area contributed by atoms with E-state index in [0.717, 1.165) is 19.3 Å². The largest absolute Gasteiger partial charge is 0.444 e. The van der Waals surface area contributed by atoms with Crippen LogP contribution in [-0.4, -0.2) is 17.7 Å². The van der Waals surface area contributed by atoms with Crippen molar-refractivity contribution >= 4 is 17.4 Å². The number of carbonyl (C=O) groups is 1. The lowest BCUT2D eigenvalue weighted by atomic mass is 9.92. The zero-order valence-corrected chi connectivity index (χ0v) is 11.4. The number of ether oxygens (including phenoxy) is 1. The van der Waals surface area contributed by atoms with Crippen LogP contribution < -0.4 is 5.32 Å². The fraction of sp³-hybridized carbons (Fsp3) is 0.615. The molecule has 0 aromatic carbocycles. The quantitative estimate of drug-likeness (QED) is 0.835. The molecule has 94 valence electrons. The van der Waals surface area contributed by atoms with Crippen LogP contribution in [0.2, 0.25) is 0 Å². The molecule has 1 atom stereocenters. The Morgan fingerprint density at radius 2 is 2.12 bits per heavy atom. The number of amides is 1. The van der Waals surface area contributed by atoms with Crippen LogP contribution in [0, 0.1) is 0 Å². The first-order chi connectivity index (χ1) is 7.94. The highest BCUT2D eigenvalue weighted by molar-refractivity contribution is 7.08. The Bertz CT molecular complexity index is 406. The van der Waals surface area contributed by atoms with Gasteiger partial charge < -0.3 is 10.1 Å². The average Bonchev–Trinajstić information content (AvgIpc) is 2.61. The summed E-state index contributed by atoms with van der Waals surface area (Å²) in [5.41, 5.74) is 2.39. The molecule has 0 radical (unpaired) electrons. The normalized spacial score (nSPS) is 19.6. The van der Waals surface area contributed by atoms with Gasteiger partial charge in [0, 0.05) is 6.04 Å². The summed E-state index contributed by atoms with van der Waals surface area (Å²) >= 11 is 1.74. The van der Waals surface area contributed by atoms with Crippen LogP contribution in [0.4, 0.5) is 4.79 Å². The maximum Gasteiger partial charge on any atom is 0.407 e. The van der Waals surface area contributed by atoms with Gasteiger partial charge in [0.2, 0.25) is 0 Å². The van der Waals surface area contributed by atoms with Crippen molar-refractivity contribution in [2.45, 2.75) is 51.7 Å². The Labute approximate surface area is 106 Å². The second-order valence-electron chi connectivity index (χ2n) is 5.51. The first-order valence-corrected chi connectivity index (χ1v) is 6.92. The minimum atomic E-state index is -0.424. The predicted octanol–water partition coefficient (Wildman–Crippen LogP) is 3.13. The Morgan fingerprint density at radius 3 is 2.82 bits per heavy atom. The van der Waals surface area contributed by atoms with E-state index in [1.807, 2.05) is 20.8 Å². The van der Waals surface area contributed by atoms with Crippen LogP contribution in [0.1, 0.15) is 38.3 Å². The highest BCUT2D eigenvalue weighted by atomic mass is 32.1. The fourth-order valence-electron chi connectivity index (χ4n) is 2.04. The average molecular weight is 253 g/mol. The third-order valence-electron chi connectivity index (χ3n) is 2.78. The summed E-state index contributed by atoms with van der Waals surface area (Å²) in [7, 11) is 0. The first-order valence-electron chi connectivity index (χ1n) is 5.97. The molecule has 1 aromatic rings. The summed E-state index contributed by atoms with van der Waals surface area (Å²) in [6.07, 6.45) is 2.68. The van der Waals surface area contributed by atoms with Crippen molar-refractivity contribution in [3.63, 3.8) is 0 Å². The number of hydrogen-bond donors (Lipinski definition) is 1. The van der Waals surface area contributed by atoms with Crippen LogP contribution in [0.25, 0.3) is 0 Å². The van der Waals surface area contributed by atoms with Crippen molar-refractivity contribution in [1.82, 2.24) is 5.32 Å². The van der Waals surface area contributed by atoms with Crippen LogP contribution in [0.15, 0.2) is 10.8 Å². The van der Waals surface area contributed by atoms with Gasteiger partial charge in [-0.3, -0.25) is 0 Å². The van der Waals surface area contributed by atoms with E-state index >= 15 is 0 Å². The number of fused-ring (bicyclic) bond motifs is 1. The zero-order chi connectivity index (χ0) is 12.5. The number of hydrogen-bond acceptors (Lipinski definition) is 3. The third kappa shape index (κ3) is 3.46. The summed E-state index contributed by atoms with van der Waals surface area (Å²) < 4.78 is 5.26. The molecule has 0 saturated carbocycles. The molecule has 1 aliphatic rings. The van der Waals surface area contributed by atoms with Crippen LogP contribution >= 0.6 is 11.3 Å². The summed E-state index contributed by atoms with van der Waals surface area (Å²) in [6, 6.07) is 0.215. The molecule has 17 heavy (non-hydrogen) atoms. The fourth-order valence-corrected chi connectivity index (χ4v) is 2.96. The third-order valence-corrected chi connectivity index (χ3v) is 3.62. The van der Waals surface area contributed by atoms with Crippen LogP contribution in [0.5, 0.6) is 0 Å². The van der Waals surface area contributed by atoms with Gasteiger partial charge in [-0.25, -0.2) is 4.79 Å². The second kappa shape index (κ2) is 4.69. The van der Waals surface area contributed by atoms with Crippen molar-refractivity contribution in [3.8, 4) is 0 Å². The molecular formula is C13H19NO2S. The SMILES string of the molecule is CC(C)(C)OC(=O)NC1CCc2cscc2C1. The summed E-state index contributed by atoms with van der Waals surface area (Å²) in [6.45, 7) is 5.64. The predicted molar refractivity (Wildman–Crippen MR) is 69.5 cm³/mol. The summed E-state index contributed by atoms with van der Waals surface area (Å²) in [5, 5.41) is 7.34. The van der Waals surface area contributed by atoms with Gasteiger partial charge in [-0.05, 0) is 61.9 Å². The van der Waals surface area contributed by atoms with E-state index in [2.05, 4.69) is 16.1 Å². The lowest BCUT2D eigenvalue weighted by molar-refractivity contribution is 0.0500. The number of alkyl carbamates (subject to hydrolysis) is 1. The van der Waals surface area contributed by atoms with Crippen molar-refractivity contribution in [3.05, 3.63) is 21.9 Å². The molecule has 1 unspecified atom stereocenters. The monoisotopic (exact) mass is 253 g/mol. The molecule has 1 amide bonds. The summed E-state index contributed by atoms with van der Waals surface area (Å²) in [5.74, 6) is 0. The van der Waals surface area contributed by atoms with E-state index in [4.69, 9.17) is 4.74 Å². The zero-order valence-electron chi connectivity index (χ0n) is 10.6. The molecule has 0 spiro atoms. The van der Waals surface area contributed by atoms with Crippen molar-refractivity contribution in [1.29, 1.82) is 0 Å². The highest BCUT2D eigenvalue weighted by Gasteiger charge is 2.23. The molecule has 1 aliphatic carbocycles. The van der Waals surface area contributed by atoms with Gasteiger partial charge in [-0.1, -0.05) is 0 Å². The van der Waals surface area contributed by atoms with Gasteiger partial charge in [-0.2, -0.15) is 11.3 Å². The molecule has 0 aliphatic heterocycles. The van der Waals surface area contributed by atoms with E-state index in [-0.39, 0.29) is 12.1 Å². The maximum atomic E-state index is 11.6. The Kier molecular flexibility index (Phi) is 3.43. The smallest absolute Gasteiger partial charge is 0.407 e. The Hall–Kier alpha value is -1.03.